The van der Waals surface area contributed by atoms with Crippen molar-refractivity contribution in [3.63, 3.8) is 0 Å². The largest absolute Gasteiger partial charge is 0.491 e. The van der Waals surface area contributed by atoms with Gasteiger partial charge in [0.05, 0.1) is 0 Å². The summed E-state index contributed by atoms with van der Waals surface area (Å²) in [6.07, 6.45) is 0. The number of aryl methyl sites for hydroxylation is 1. The average Bonchev–Trinajstić information content (AvgIpc) is 2.35. The van der Waals surface area contributed by atoms with Crippen LogP contribution >= 0.6 is 0 Å². The summed E-state index contributed by atoms with van der Waals surface area (Å²) in [6.45, 7) is 10.2. The minimum atomic E-state index is -0.892. The minimum Gasteiger partial charge on any atom is -0.491 e. The number of hydrogen-bond acceptors (Lipinski definition) is 3. The molecule has 0 aromatic heterocycles. The van der Waals surface area contributed by atoms with Gasteiger partial charge in [-0.15, -0.1) is 0 Å². The monoisotopic (exact) mass is 279 g/mol. The Bertz CT molecular complexity index is 455. The first-order valence-corrected chi connectivity index (χ1v) is 7.03. The van der Waals surface area contributed by atoms with Crippen molar-refractivity contribution in [2.75, 3.05) is 6.61 Å². The third kappa shape index (κ3) is 4.85. The molecular formula is C16H25NO3. The summed E-state index contributed by atoms with van der Waals surface area (Å²) in [6, 6.07) is 5.48. The molecule has 0 radical (unpaired) electrons. The van der Waals surface area contributed by atoms with E-state index in [0.717, 1.165) is 11.3 Å². The van der Waals surface area contributed by atoms with Crippen molar-refractivity contribution in [2.24, 2.45) is 0 Å². The topological polar surface area (TPSA) is 58.6 Å². The summed E-state index contributed by atoms with van der Waals surface area (Å²) in [5.41, 5.74) is 2.21. The molecule has 0 aliphatic rings. The number of carboxylic acid groups (broad SMARTS) is 1. The first-order valence-electron chi connectivity index (χ1n) is 7.03. The average molecular weight is 279 g/mol. The Morgan fingerprint density at radius 2 is 1.95 bits per heavy atom. The Labute approximate surface area is 121 Å². The normalized spacial score (nSPS) is 12.8. The highest BCUT2D eigenvalue weighted by atomic mass is 16.5. The first-order chi connectivity index (χ1) is 9.31. The summed E-state index contributed by atoms with van der Waals surface area (Å²) < 4.78 is 5.71. The molecule has 1 aromatic rings. The molecule has 4 nitrogen and oxygen atoms in total. The third-order valence-corrected chi connectivity index (χ3v) is 3.12. The van der Waals surface area contributed by atoms with Gasteiger partial charge in [0, 0.05) is 6.04 Å². The molecular weight excluding hydrogens is 254 g/mol. The molecule has 1 rings (SSSR count). The zero-order chi connectivity index (χ0) is 15.3. The summed E-state index contributed by atoms with van der Waals surface area (Å²) in [4.78, 5) is 11.2. The number of hydrogen-bond donors (Lipinski definition) is 2. The maximum Gasteiger partial charge on any atom is 0.324 e. The second kappa shape index (κ2) is 7.29. The highest BCUT2D eigenvalue weighted by Crippen LogP contribution is 2.24. The molecule has 0 saturated heterocycles. The number of nitrogens with one attached hydrogen (secondary N) is 1. The van der Waals surface area contributed by atoms with Gasteiger partial charge in [-0.2, -0.15) is 0 Å². The van der Waals surface area contributed by atoms with Crippen molar-refractivity contribution in [3.05, 3.63) is 29.3 Å². The maximum absolute atomic E-state index is 11.2. The molecule has 0 heterocycles. The predicted molar refractivity (Wildman–Crippen MR) is 80.5 cm³/mol. The van der Waals surface area contributed by atoms with Gasteiger partial charge in [-0.3, -0.25) is 10.1 Å². The second-order valence-corrected chi connectivity index (χ2v) is 5.70. The van der Waals surface area contributed by atoms with Crippen LogP contribution < -0.4 is 10.1 Å². The van der Waals surface area contributed by atoms with Gasteiger partial charge in [0.25, 0.3) is 0 Å². The molecule has 2 N–H and O–H groups in total. The summed E-state index contributed by atoms with van der Waals surface area (Å²) in [7, 11) is 0. The molecule has 4 heteroatoms. The van der Waals surface area contributed by atoms with Gasteiger partial charge in [0.15, 0.2) is 0 Å². The number of rotatable bonds is 7. The molecule has 0 amide bonds. The zero-order valence-corrected chi connectivity index (χ0v) is 12.9. The first kappa shape index (κ1) is 16.5. The molecule has 1 atom stereocenters. The molecule has 20 heavy (non-hydrogen) atoms. The van der Waals surface area contributed by atoms with Crippen LogP contribution in [0.3, 0.4) is 0 Å². The van der Waals surface area contributed by atoms with E-state index in [1.807, 2.05) is 32.9 Å². The zero-order valence-electron chi connectivity index (χ0n) is 12.9. The lowest BCUT2D eigenvalue weighted by molar-refractivity contribution is -0.140. The van der Waals surface area contributed by atoms with Crippen LogP contribution in [0.4, 0.5) is 0 Å². The van der Waals surface area contributed by atoms with E-state index < -0.39 is 12.0 Å². The lowest BCUT2D eigenvalue weighted by Gasteiger charge is -2.19. The fourth-order valence-corrected chi connectivity index (χ4v) is 1.90. The van der Waals surface area contributed by atoms with Gasteiger partial charge in [-0.25, -0.2) is 0 Å². The molecule has 0 aliphatic heterocycles. The number of carbonyl (C=O) groups is 1. The number of benzene rings is 1. The van der Waals surface area contributed by atoms with Crippen LogP contribution in [0.15, 0.2) is 18.2 Å². The van der Waals surface area contributed by atoms with Crippen LogP contribution in [0.1, 0.15) is 44.7 Å². The van der Waals surface area contributed by atoms with E-state index in [9.17, 15) is 4.79 Å². The highest BCUT2D eigenvalue weighted by Gasteiger charge is 2.19. The molecule has 0 spiro atoms. The van der Waals surface area contributed by atoms with E-state index in [2.05, 4.69) is 25.2 Å². The molecule has 112 valence electrons. The smallest absolute Gasteiger partial charge is 0.324 e. The standard InChI is InChI=1S/C16H25NO3/c1-10(2)13-7-6-12(5)15(8-13)20-9-14(16(18)19)17-11(3)4/h6-8,10-11,14,17H,9H2,1-5H3,(H,18,19). The fourth-order valence-electron chi connectivity index (χ4n) is 1.90. The van der Waals surface area contributed by atoms with E-state index in [-0.39, 0.29) is 12.6 Å². The van der Waals surface area contributed by atoms with Crippen molar-refractivity contribution in [1.29, 1.82) is 0 Å². The number of aliphatic carboxylic acids is 1. The van der Waals surface area contributed by atoms with Crippen LogP contribution in [0.25, 0.3) is 0 Å². The SMILES string of the molecule is Cc1ccc(C(C)C)cc1OCC(NC(C)C)C(=O)O. The molecule has 1 aromatic carbocycles. The molecule has 0 fully saturated rings. The van der Waals surface area contributed by atoms with Gasteiger partial charge >= 0.3 is 5.97 Å². The van der Waals surface area contributed by atoms with Crippen molar-refractivity contribution in [1.82, 2.24) is 5.32 Å². The maximum atomic E-state index is 11.2. The summed E-state index contributed by atoms with van der Waals surface area (Å²) >= 11 is 0. The van der Waals surface area contributed by atoms with Crippen LogP contribution in [0, 0.1) is 6.92 Å². The second-order valence-electron chi connectivity index (χ2n) is 5.70. The molecule has 0 aliphatic carbocycles. The van der Waals surface area contributed by atoms with Crippen LogP contribution in [-0.2, 0) is 4.79 Å². The van der Waals surface area contributed by atoms with Gasteiger partial charge in [-0.05, 0) is 30.0 Å². The Morgan fingerprint density at radius 3 is 2.45 bits per heavy atom. The Kier molecular flexibility index (Phi) is 6.02. The van der Waals surface area contributed by atoms with Gasteiger partial charge in [0.1, 0.15) is 18.4 Å². The van der Waals surface area contributed by atoms with Gasteiger partial charge in [0.2, 0.25) is 0 Å². The number of ether oxygens (including phenoxy) is 1. The van der Waals surface area contributed by atoms with Crippen LogP contribution in [-0.4, -0.2) is 29.8 Å². The van der Waals surface area contributed by atoms with Crippen LogP contribution in [0.2, 0.25) is 0 Å². The molecule has 1 unspecified atom stereocenters. The Morgan fingerprint density at radius 1 is 1.30 bits per heavy atom. The lowest BCUT2D eigenvalue weighted by Crippen LogP contribution is -2.44. The summed E-state index contributed by atoms with van der Waals surface area (Å²) in [5.74, 6) is 0.284. The predicted octanol–water partition coefficient (Wildman–Crippen LogP) is 2.95. The van der Waals surface area contributed by atoms with Gasteiger partial charge < -0.3 is 9.84 Å². The molecule has 0 saturated carbocycles. The van der Waals surface area contributed by atoms with Gasteiger partial charge in [-0.1, -0.05) is 39.8 Å². The Balaban J connectivity index is 2.76. The highest BCUT2D eigenvalue weighted by molar-refractivity contribution is 5.73. The number of carboxylic acids is 1. The fraction of sp³-hybridized carbons (Fsp3) is 0.562. The van der Waals surface area contributed by atoms with E-state index in [0.29, 0.717) is 5.92 Å². The van der Waals surface area contributed by atoms with Crippen molar-refractivity contribution < 1.29 is 14.6 Å². The lowest BCUT2D eigenvalue weighted by atomic mass is 10.0. The molecule has 0 bridgehead atoms. The van der Waals surface area contributed by atoms with E-state index in [4.69, 9.17) is 9.84 Å². The van der Waals surface area contributed by atoms with Crippen molar-refractivity contribution in [3.8, 4) is 5.75 Å². The minimum absolute atomic E-state index is 0.0998. The van der Waals surface area contributed by atoms with Crippen LogP contribution in [0.5, 0.6) is 5.75 Å². The van der Waals surface area contributed by atoms with E-state index in [1.165, 1.54) is 5.56 Å². The van der Waals surface area contributed by atoms with Crippen molar-refractivity contribution >= 4 is 5.97 Å². The quantitative estimate of drug-likeness (QED) is 0.805. The van der Waals surface area contributed by atoms with Crippen molar-refractivity contribution in [2.45, 2.75) is 52.6 Å². The Hall–Kier alpha value is -1.55. The third-order valence-electron chi connectivity index (χ3n) is 3.12. The summed E-state index contributed by atoms with van der Waals surface area (Å²) in [5, 5.41) is 12.2. The van der Waals surface area contributed by atoms with E-state index in [1.54, 1.807) is 0 Å². The van der Waals surface area contributed by atoms with E-state index >= 15 is 0 Å².